The highest BCUT2D eigenvalue weighted by atomic mass is 32.1. The number of hydrogen-bond donors (Lipinski definition) is 1. The summed E-state index contributed by atoms with van der Waals surface area (Å²) >= 11 is 1.55. The number of amides is 1. The summed E-state index contributed by atoms with van der Waals surface area (Å²) in [5.74, 6) is 2.27. The van der Waals surface area contributed by atoms with Crippen LogP contribution in [0.3, 0.4) is 0 Å². The van der Waals surface area contributed by atoms with Gasteiger partial charge < -0.3 is 10.2 Å². The largest absolute Gasteiger partial charge is 0.356 e. The Morgan fingerprint density at radius 3 is 2.71 bits per heavy atom. The maximum atomic E-state index is 12.2. The molecule has 1 saturated heterocycles. The van der Waals surface area contributed by atoms with Crippen LogP contribution >= 0.6 is 11.3 Å². The maximum Gasteiger partial charge on any atom is 0.252 e. The lowest BCUT2D eigenvalue weighted by Gasteiger charge is -2.33. The molecule has 0 spiro atoms. The molecule has 5 nitrogen and oxygen atoms in total. The molecule has 0 bridgehead atoms. The zero-order valence-electron chi connectivity index (χ0n) is 14.5. The molecular formula is C18H24N4OS. The lowest BCUT2D eigenvalue weighted by molar-refractivity contribution is 0.0931. The van der Waals surface area contributed by atoms with Crippen molar-refractivity contribution in [3.05, 3.63) is 40.0 Å². The monoisotopic (exact) mass is 344 g/mol. The topological polar surface area (TPSA) is 58.1 Å². The highest BCUT2D eigenvalue weighted by molar-refractivity contribution is 7.08. The van der Waals surface area contributed by atoms with Crippen molar-refractivity contribution < 1.29 is 4.79 Å². The third-order valence-corrected chi connectivity index (χ3v) is 5.00. The molecule has 2 aromatic heterocycles. The van der Waals surface area contributed by atoms with Gasteiger partial charge in [-0.05, 0) is 31.2 Å². The summed E-state index contributed by atoms with van der Waals surface area (Å²) < 4.78 is 0. The Balaban J connectivity index is 1.60. The van der Waals surface area contributed by atoms with Crippen LogP contribution < -0.4 is 10.2 Å². The van der Waals surface area contributed by atoms with E-state index < -0.39 is 0 Å². The first kappa shape index (κ1) is 16.9. The Morgan fingerprint density at radius 1 is 1.33 bits per heavy atom. The number of nitrogens with one attached hydrogen (secondary N) is 1. The molecule has 0 radical (unpaired) electrons. The van der Waals surface area contributed by atoms with Crippen molar-refractivity contribution in [2.45, 2.75) is 45.6 Å². The van der Waals surface area contributed by atoms with Crippen molar-refractivity contribution in [2.75, 3.05) is 18.0 Å². The van der Waals surface area contributed by atoms with E-state index in [0.717, 1.165) is 48.8 Å². The quantitative estimate of drug-likeness (QED) is 0.924. The van der Waals surface area contributed by atoms with Crippen LogP contribution in [-0.4, -0.2) is 35.0 Å². The number of hydrogen-bond acceptors (Lipinski definition) is 5. The van der Waals surface area contributed by atoms with E-state index in [1.54, 1.807) is 11.3 Å². The Hall–Kier alpha value is -1.95. The number of anilines is 1. The van der Waals surface area contributed by atoms with Gasteiger partial charge in [0.1, 0.15) is 11.6 Å². The first-order chi connectivity index (χ1) is 11.5. The predicted octanol–water partition coefficient (Wildman–Crippen LogP) is 3.37. The second-order valence-corrected chi connectivity index (χ2v) is 7.41. The SMILES string of the molecule is Cc1cc(N2CCC(NC(=O)c3ccsc3)CC2)nc(C(C)C)n1. The summed E-state index contributed by atoms with van der Waals surface area (Å²) in [6, 6.07) is 4.16. The zero-order chi connectivity index (χ0) is 17.1. The van der Waals surface area contributed by atoms with Crippen molar-refractivity contribution in [3.8, 4) is 0 Å². The molecular weight excluding hydrogens is 320 g/mol. The van der Waals surface area contributed by atoms with E-state index in [1.807, 2.05) is 23.8 Å². The molecule has 24 heavy (non-hydrogen) atoms. The van der Waals surface area contributed by atoms with Gasteiger partial charge in [-0.3, -0.25) is 4.79 Å². The number of aryl methyl sites for hydroxylation is 1. The van der Waals surface area contributed by atoms with Crippen LogP contribution in [0.4, 0.5) is 5.82 Å². The lowest BCUT2D eigenvalue weighted by Crippen LogP contribution is -2.45. The van der Waals surface area contributed by atoms with Crippen molar-refractivity contribution in [1.82, 2.24) is 15.3 Å². The van der Waals surface area contributed by atoms with Gasteiger partial charge in [-0.15, -0.1) is 0 Å². The van der Waals surface area contributed by atoms with Crippen molar-refractivity contribution in [2.24, 2.45) is 0 Å². The average Bonchev–Trinajstić information content (AvgIpc) is 3.09. The van der Waals surface area contributed by atoms with Crippen molar-refractivity contribution in [3.63, 3.8) is 0 Å². The van der Waals surface area contributed by atoms with E-state index in [1.165, 1.54) is 0 Å². The first-order valence-corrected chi connectivity index (χ1v) is 9.41. The fourth-order valence-electron chi connectivity index (χ4n) is 2.91. The van der Waals surface area contributed by atoms with Gasteiger partial charge in [-0.25, -0.2) is 9.97 Å². The number of carbonyl (C=O) groups is 1. The van der Waals surface area contributed by atoms with Crippen LogP contribution in [0.25, 0.3) is 0 Å². The van der Waals surface area contributed by atoms with Crippen LogP contribution in [0, 0.1) is 6.92 Å². The van der Waals surface area contributed by atoms with Gasteiger partial charge in [0.05, 0.1) is 0 Å². The van der Waals surface area contributed by atoms with Gasteiger partial charge in [-0.2, -0.15) is 11.3 Å². The molecule has 1 aliphatic rings. The van der Waals surface area contributed by atoms with Gasteiger partial charge in [0, 0.05) is 47.8 Å². The van der Waals surface area contributed by atoms with Crippen LogP contribution in [0.1, 0.15) is 54.5 Å². The fraction of sp³-hybridized carbons (Fsp3) is 0.500. The minimum absolute atomic E-state index is 0.0367. The number of carbonyl (C=O) groups excluding carboxylic acids is 1. The van der Waals surface area contributed by atoms with E-state index in [-0.39, 0.29) is 11.9 Å². The number of thiophene rings is 1. The number of piperidine rings is 1. The molecule has 1 N–H and O–H groups in total. The van der Waals surface area contributed by atoms with Crippen LogP contribution in [-0.2, 0) is 0 Å². The Kier molecular flexibility index (Phi) is 5.14. The normalized spacial score (nSPS) is 15.8. The van der Waals surface area contributed by atoms with Crippen molar-refractivity contribution >= 4 is 23.1 Å². The number of aromatic nitrogens is 2. The molecule has 3 heterocycles. The molecule has 0 atom stereocenters. The maximum absolute atomic E-state index is 12.2. The summed E-state index contributed by atoms with van der Waals surface area (Å²) in [7, 11) is 0. The van der Waals surface area contributed by atoms with Gasteiger partial charge >= 0.3 is 0 Å². The standard InChI is InChI=1S/C18H24N4OS/c1-12(2)17-19-13(3)10-16(21-17)22-7-4-15(5-8-22)20-18(23)14-6-9-24-11-14/h6,9-12,15H,4-5,7-8H2,1-3H3,(H,20,23). The van der Waals surface area contributed by atoms with Crippen LogP contribution in [0.5, 0.6) is 0 Å². The highest BCUT2D eigenvalue weighted by Crippen LogP contribution is 2.21. The highest BCUT2D eigenvalue weighted by Gasteiger charge is 2.23. The Labute approximate surface area is 147 Å². The van der Waals surface area contributed by atoms with E-state index in [0.29, 0.717) is 5.92 Å². The second-order valence-electron chi connectivity index (χ2n) is 6.63. The van der Waals surface area contributed by atoms with Gasteiger partial charge in [0.25, 0.3) is 5.91 Å². The molecule has 0 unspecified atom stereocenters. The molecule has 0 aliphatic carbocycles. The third-order valence-electron chi connectivity index (χ3n) is 4.31. The van der Waals surface area contributed by atoms with Crippen LogP contribution in [0.2, 0.25) is 0 Å². The third kappa shape index (κ3) is 3.93. The van der Waals surface area contributed by atoms with Gasteiger partial charge in [-0.1, -0.05) is 13.8 Å². The summed E-state index contributed by atoms with van der Waals surface area (Å²) in [5.41, 5.74) is 1.77. The average molecular weight is 344 g/mol. The van der Waals surface area contributed by atoms with E-state index >= 15 is 0 Å². The molecule has 1 amide bonds. The van der Waals surface area contributed by atoms with E-state index in [4.69, 9.17) is 4.98 Å². The Bertz CT molecular complexity index is 691. The molecule has 3 rings (SSSR count). The molecule has 0 saturated carbocycles. The summed E-state index contributed by atoms with van der Waals surface area (Å²) in [4.78, 5) is 23.7. The van der Waals surface area contributed by atoms with Crippen molar-refractivity contribution in [1.29, 1.82) is 0 Å². The molecule has 128 valence electrons. The summed E-state index contributed by atoms with van der Waals surface area (Å²) in [6.07, 6.45) is 1.88. The first-order valence-electron chi connectivity index (χ1n) is 8.46. The lowest BCUT2D eigenvalue weighted by atomic mass is 10.0. The molecule has 1 fully saturated rings. The van der Waals surface area contributed by atoms with E-state index in [2.05, 4.69) is 35.1 Å². The molecule has 2 aromatic rings. The zero-order valence-corrected chi connectivity index (χ0v) is 15.3. The summed E-state index contributed by atoms with van der Waals surface area (Å²) in [5, 5.41) is 6.96. The number of nitrogens with zero attached hydrogens (tertiary/aromatic N) is 3. The fourth-order valence-corrected chi connectivity index (χ4v) is 3.55. The second kappa shape index (κ2) is 7.30. The molecule has 6 heteroatoms. The Morgan fingerprint density at radius 2 is 2.08 bits per heavy atom. The minimum Gasteiger partial charge on any atom is -0.356 e. The minimum atomic E-state index is 0.0367. The number of rotatable bonds is 4. The summed E-state index contributed by atoms with van der Waals surface area (Å²) in [6.45, 7) is 8.06. The predicted molar refractivity (Wildman–Crippen MR) is 97.9 cm³/mol. The van der Waals surface area contributed by atoms with Gasteiger partial charge in [0.2, 0.25) is 0 Å². The van der Waals surface area contributed by atoms with E-state index in [9.17, 15) is 4.79 Å². The molecule has 1 aliphatic heterocycles. The van der Waals surface area contributed by atoms with Crippen LogP contribution in [0.15, 0.2) is 22.9 Å². The van der Waals surface area contributed by atoms with Gasteiger partial charge in [0.15, 0.2) is 0 Å². The smallest absolute Gasteiger partial charge is 0.252 e. The molecule has 0 aromatic carbocycles.